The molecule has 0 spiro atoms. The van der Waals surface area contributed by atoms with Gasteiger partial charge >= 0.3 is 12.1 Å². The average molecular weight is 302 g/mol. The average Bonchev–Trinajstić information content (AvgIpc) is 2.36. The molecule has 0 aliphatic rings. The second-order valence-corrected chi connectivity index (χ2v) is 5.68. The molecule has 21 heavy (non-hydrogen) atoms. The second-order valence-electron chi connectivity index (χ2n) is 5.68. The number of ether oxygens (including phenoxy) is 2. The highest BCUT2D eigenvalue weighted by Crippen LogP contribution is 2.09. The van der Waals surface area contributed by atoms with Gasteiger partial charge in [0, 0.05) is 26.6 Å². The Balaban J connectivity index is 3.80. The normalized spacial score (nSPS) is 10.7. The summed E-state index contributed by atoms with van der Waals surface area (Å²) in [6.45, 7) is 6.08. The van der Waals surface area contributed by atoms with Crippen LogP contribution in [0.5, 0.6) is 0 Å². The van der Waals surface area contributed by atoms with Crippen LogP contribution in [0.15, 0.2) is 0 Å². The third-order valence-corrected chi connectivity index (χ3v) is 2.48. The summed E-state index contributed by atoms with van der Waals surface area (Å²) in [5.41, 5.74) is -0.531. The van der Waals surface area contributed by atoms with Crippen molar-refractivity contribution in [2.75, 3.05) is 27.2 Å². The summed E-state index contributed by atoms with van der Waals surface area (Å²) in [5.74, 6) is -0.517. The molecule has 0 saturated heterocycles. The highest BCUT2D eigenvalue weighted by atomic mass is 16.6. The number of carbonyl (C=O) groups excluding carboxylic acids is 3. The van der Waals surface area contributed by atoms with Gasteiger partial charge in [-0.05, 0) is 27.2 Å². The smallest absolute Gasteiger partial charge is 0.410 e. The van der Waals surface area contributed by atoms with E-state index in [0.717, 1.165) is 0 Å². The first kappa shape index (κ1) is 19.2. The molecule has 122 valence electrons. The highest BCUT2D eigenvalue weighted by molar-refractivity contribution is 5.77. The van der Waals surface area contributed by atoms with Crippen molar-refractivity contribution >= 4 is 18.0 Å². The topological polar surface area (TPSA) is 84.9 Å². The van der Waals surface area contributed by atoms with Crippen LogP contribution in [0, 0.1) is 0 Å². The van der Waals surface area contributed by atoms with E-state index in [2.05, 4.69) is 10.1 Å². The zero-order valence-electron chi connectivity index (χ0n) is 13.5. The summed E-state index contributed by atoms with van der Waals surface area (Å²) in [7, 11) is 2.93. The Bertz CT molecular complexity index is 363. The van der Waals surface area contributed by atoms with E-state index in [-0.39, 0.29) is 31.3 Å². The predicted molar refractivity (Wildman–Crippen MR) is 77.7 cm³/mol. The molecule has 0 aliphatic heterocycles. The van der Waals surface area contributed by atoms with E-state index in [1.165, 1.54) is 12.0 Å². The summed E-state index contributed by atoms with van der Waals surface area (Å²) < 4.78 is 9.66. The van der Waals surface area contributed by atoms with Crippen molar-refractivity contribution in [1.29, 1.82) is 0 Å². The van der Waals surface area contributed by atoms with Crippen LogP contribution in [-0.4, -0.2) is 55.7 Å². The number of nitrogens with one attached hydrogen (secondary N) is 1. The van der Waals surface area contributed by atoms with Crippen molar-refractivity contribution in [2.45, 2.75) is 45.6 Å². The van der Waals surface area contributed by atoms with E-state index in [0.29, 0.717) is 13.0 Å². The molecule has 0 unspecified atom stereocenters. The van der Waals surface area contributed by atoms with Crippen LogP contribution in [0.1, 0.15) is 40.0 Å². The molecule has 0 aromatic carbocycles. The lowest BCUT2D eigenvalue weighted by molar-refractivity contribution is -0.140. The lowest BCUT2D eigenvalue weighted by atomic mass is 10.2. The fourth-order valence-corrected chi connectivity index (χ4v) is 1.40. The molecule has 0 fully saturated rings. The molecule has 2 amide bonds. The van der Waals surface area contributed by atoms with Crippen molar-refractivity contribution in [3.63, 3.8) is 0 Å². The van der Waals surface area contributed by atoms with E-state index in [1.807, 2.05) is 0 Å². The van der Waals surface area contributed by atoms with Gasteiger partial charge in [-0.1, -0.05) is 0 Å². The molecule has 0 aliphatic carbocycles. The van der Waals surface area contributed by atoms with Gasteiger partial charge in [0.25, 0.3) is 0 Å². The van der Waals surface area contributed by atoms with Crippen LogP contribution in [0.4, 0.5) is 4.79 Å². The molecular formula is C14H26N2O5. The van der Waals surface area contributed by atoms with Crippen molar-refractivity contribution < 1.29 is 23.9 Å². The van der Waals surface area contributed by atoms with Gasteiger partial charge in [0.2, 0.25) is 5.91 Å². The molecule has 0 radical (unpaired) electrons. The van der Waals surface area contributed by atoms with E-state index < -0.39 is 11.7 Å². The van der Waals surface area contributed by atoms with Gasteiger partial charge in [-0.2, -0.15) is 0 Å². The zero-order valence-corrected chi connectivity index (χ0v) is 13.5. The Kier molecular flexibility index (Phi) is 8.42. The first-order chi connectivity index (χ1) is 9.65. The molecular weight excluding hydrogens is 276 g/mol. The largest absolute Gasteiger partial charge is 0.469 e. The van der Waals surface area contributed by atoms with Gasteiger partial charge in [-0.25, -0.2) is 4.79 Å². The molecule has 0 atom stereocenters. The van der Waals surface area contributed by atoms with Gasteiger partial charge in [0.1, 0.15) is 5.60 Å². The predicted octanol–water partition coefficient (Wildman–Crippen LogP) is 1.31. The standard InChI is InChI=1S/C14H26N2O5/c1-14(2,3)21-13(19)16(4)10-6-7-11(17)15-9-8-12(18)20-5/h6-10H2,1-5H3,(H,15,17). The van der Waals surface area contributed by atoms with E-state index in [4.69, 9.17) is 4.74 Å². The first-order valence-corrected chi connectivity index (χ1v) is 6.93. The number of hydrogen-bond acceptors (Lipinski definition) is 5. The summed E-state index contributed by atoms with van der Waals surface area (Å²) in [5, 5.41) is 2.61. The summed E-state index contributed by atoms with van der Waals surface area (Å²) in [6, 6.07) is 0. The van der Waals surface area contributed by atoms with Gasteiger partial charge < -0.3 is 19.7 Å². The quantitative estimate of drug-likeness (QED) is 0.717. The third-order valence-electron chi connectivity index (χ3n) is 2.48. The Morgan fingerprint density at radius 2 is 1.76 bits per heavy atom. The number of esters is 1. The van der Waals surface area contributed by atoms with Gasteiger partial charge in [-0.3, -0.25) is 9.59 Å². The van der Waals surface area contributed by atoms with Gasteiger partial charge in [-0.15, -0.1) is 0 Å². The maximum absolute atomic E-state index is 11.7. The maximum Gasteiger partial charge on any atom is 0.410 e. The summed E-state index contributed by atoms with van der Waals surface area (Å²) >= 11 is 0. The van der Waals surface area contributed by atoms with E-state index in [9.17, 15) is 14.4 Å². The van der Waals surface area contributed by atoms with Crippen LogP contribution < -0.4 is 5.32 Å². The second kappa shape index (κ2) is 9.20. The van der Waals surface area contributed by atoms with Crippen LogP contribution >= 0.6 is 0 Å². The summed E-state index contributed by atoms with van der Waals surface area (Å²) in [6.07, 6.45) is 0.558. The van der Waals surface area contributed by atoms with E-state index >= 15 is 0 Å². The minimum atomic E-state index is -0.531. The minimum Gasteiger partial charge on any atom is -0.469 e. The van der Waals surface area contributed by atoms with Crippen LogP contribution in [0.25, 0.3) is 0 Å². The maximum atomic E-state index is 11.7. The molecule has 7 heteroatoms. The summed E-state index contributed by atoms with van der Waals surface area (Å²) in [4.78, 5) is 35.5. The van der Waals surface area contributed by atoms with Crippen LogP contribution in [0.2, 0.25) is 0 Å². The molecule has 7 nitrogen and oxygen atoms in total. The number of methoxy groups -OCH3 is 1. The third kappa shape index (κ3) is 10.6. The Morgan fingerprint density at radius 1 is 1.14 bits per heavy atom. The lowest BCUT2D eigenvalue weighted by Crippen LogP contribution is -2.35. The number of carbonyl (C=O) groups is 3. The fourth-order valence-electron chi connectivity index (χ4n) is 1.40. The van der Waals surface area contributed by atoms with E-state index in [1.54, 1.807) is 27.8 Å². The van der Waals surface area contributed by atoms with Crippen LogP contribution in [0.3, 0.4) is 0 Å². The van der Waals surface area contributed by atoms with Crippen molar-refractivity contribution in [1.82, 2.24) is 10.2 Å². The fraction of sp³-hybridized carbons (Fsp3) is 0.786. The van der Waals surface area contributed by atoms with Crippen molar-refractivity contribution in [2.24, 2.45) is 0 Å². The molecule has 1 N–H and O–H groups in total. The number of amides is 2. The number of hydrogen-bond donors (Lipinski definition) is 1. The van der Waals surface area contributed by atoms with Crippen LogP contribution in [-0.2, 0) is 19.1 Å². The molecule has 0 aromatic heterocycles. The van der Waals surface area contributed by atoms with Crippen molar-refractivity contribution in [3.05, 3.63) is 0 Å². The Morgan fingerprint density at radius 3 is 2.29 bits per heavy atom. The molecule has 0 aromatic rings. The molecule has 0 heterocycles. The SMILES string of the molecule is COC(=O)CCNC(=O)CCCN(C)C(=O)OC(C)(C)C. The zero-order chi connectivity index (χ0) is 16.5. The van der Waals surface area contributed by atoms with Gasteiger partial charge in [0.15, 0.2) is 0 Å². The van der Waals surface area contributed by atoms with Crippen molar-refractivity contribution in [3.8, 4) is 0 Å². The Hall–Kier alpha value is -1.79. The molecule has 0 bridgehead atoms. The number of rotatable bonds is 7. The lowest BCUT2D eigenvalue weighted by Gasteiger charge is -2.24. The monoisotopic (exact) mass is 302 g/mol. The van der Waals surface area contributed by atoms with Gasteiger partial charge in [0.05, 0.1) is 13.5 Å². The number of nitrogens with zero attached hydrogens (tertiary/aromatic N) is 1. The molecule has 0 saturated carbocycles. The molecule has 0 rings (SSSR count). The Labute approximate surface area is 126 Å². The highest BCUT2D eigenvalue weighted by Gasteiger charge is 2.19. The first-order valence-electron chi connectivity index (χ1n) is 6.93. The minimum absolute atomic E-state index is 0.153.